The van der Waals surface area contributed by atoms with Crippen LogP contribution in [0.2, 0.25) is 0 Å². The highest BCUT2D eigenvalue weighted by Crippen LogP contribution is 2.34. The first-order valence-electron chi connectivity index (χ1n) is 7.84. The van der Waals surface area contributed by atoms with Crippen LogP contribution in [0.25, 0.3) is 0 Å². The molecule has 0 bridgehead atoms. The van der Waals surface area contributed by atoms with E-state index in [9.17, 15) is 0 Å². The lowest BCUT2D eigenvalue weighted by atomic mass is 9.89. The molecule has 1 saturated heterocycles. The molecule has 2 fully saturated rings. The number of nitrogens with one attached hydrogen (secondary N) is 1. The van der Waals surface area contributed by atoms with Gasteiger partial charge in [-0.3, -0.25) is 4.90 Å². The molecule has 1 aliphatic heterocycles. The van der Waals surface area contributed by atoms with Gasteiger partial charge in [0.15, 0.2) is 0 Å². The fourth-order valence-electron chi connectivity index (χ4n) is 3.65. The van der Waals surface area contributed by atoms with E-state index in [1.807, 2.05) is 17.8 Å². The lowest BCUT2D eigenvalue weighted by Crippen LogP contribution is -2.64. The first-order chi connectivity index (χ1) is 9.17. The van der Waals surface area contributed by atoms with Crippen molar-refractivity contribution in [1.82, 2.24) is 10.2 Å². The van der Waals surface area contributed by atoms with Crippen LogP contribution in [0, 0.1) is 5.92 Å². The first kappa shape index (κ1) is 15.4. The van der Waals surface area contributed by atoms with Crippen LogP contribution in [0.3, 0.4) is 0 Å². The zero-order valence-electron chi connectivity index (χ0n) is 12.7. The molecule has 2 nitrogen and oxygen atoms in total. The van der Waals surface area contributed by atoms with Gasteiger partial charge in [-0.05, 0) is 18.8 Å². The maximum atomic E-state index is 3.89. The van der Waals surface area contributed by atoms with Crippen molar-refractivity contribution in [2.24, 2.45) is 5.92 Å². The van der Waals surface area contributed by atoms with Gasteiger partial charge in [-0.2, -0.15) is 11.8 Å². The maximum absolute atomic E-state index is 3.89. The van der Waals surface area contributed by atoms with Crippen molar-refractivity contribution in [2.75, 3.05) is 31.1 Å². The van der Waals surface area contributed by atoms with Crippen LogP contribution < -0.4 is 5.32 Å². The number of piperazine rings is 1. The summed E-state index contributed by atoms with van der Waals surface area (Å²) in [4.78, 5) is 2.77. The molecule has 1 N–H and O–H groups in total. The molecule has 2 aliphatic rings. The minimum atomic E-state index is 0.453. The molecule has 19 heavy (non-hydrogen) atoms. The van der Waals surface area contributed by atoms with Gasteiger partial charge in [0.25, 0.3) is 0 Å². The molecule has 3 heteroatoms. The Morgan fingerprint density at radius 3 is 2.79 bits per heavy atom. The van der Waals surface area contributed by atoms with Crippen molar-refractivity contribution in [1.29, 1.82) is 0 Å². The van der Waals surface area contributed by atoms with Gasteiger partial charge >= 0.3 is 0 Å². The molecule has 0 amide bonds. The van der Waals surface area contributed by atoms with Crippen molar-refractivity contribution in [3.05, 3.63) is 12.7 Å². The van der Waals surface area contributed by atoms with E-state index in [4.69, 9.17) is 0 Å². The summed E-state index contributed by atoms with van der Waals surface area (Å²) in [6.45, 7) is 12.2. The van der Waals surface area contributed by atoms with E-state index in [1.165, 1.54) is 51.1 Å². The molecule has 0 aromatic rings. The normalized spacial score (nSPS) is 27.2. The van der Waals surface area contributed by atoms with Crippen molar-refractivity contribution in [3.63, 3.8) is 0 Å². The fraction of sp³-hybridized carbons (Fsp3) is 0.875. The van der Waals surface area contributed by atoms with Crippen LogP contribution in [0.15, 0.2) is 12.7 Å². The molecule has 1 heterocycles. The molecular formula is C16H30N2S. The number of rotatable bonds is 6. The third kappa shape index (κ3) is 3.99. The van der Waals surface area contributed by atoms with Gasteiger partial charge < -0.3 is 5.32 Å². The minimum Gasteiger partial charge on any atom is -0.308 e. The van der Waals surface area contributed by atoms with E-state index in [2.05, 4.69) is 30.6 Å². The standard InChI is InChI=1S/C16H30N2S/c1-4-10-19-11-9-18-13-16(7-5-6-8-16)17-12-15(18)14(2)3/h4,14-15,17H,1,5-13H2,2-3H3. The Bertz CT molecular complexity index is 284. The van der Waals surface area contributed by atoms with Crippen LogP contribution >= 0.6 is 11.8 Å². The highest BCUT2D eigenvalue weighted by molar-refractivity contribution is 7.99. The molecule has 1 unspecified atom stereocenters. The van der Waals surface area contributed by atoms with E-state index in [0.29, 0.717) is 5.54 Å². The van der Waals surface area contributed by atoms with Crippen molar-refractivity contribution in [2.45, 2.75) is 51.1 Å². The first-order valence-corrected chi connectivity index (χ1v) is 9.00. The fourth-order valence-corrected chi connectivity index (χ4v) is 4.35. The molecule has 0 aromatic carbocycles. The monoisotopic (exact) mass is 282 g/mol. The summed E-state index contributed by atoms with van der Waals surface area (Å²) in [6, 6.07) is 0.718. The van der Waals surface area contributed by atoms with Crippen LogP contribution in [0.4, 0.5) is 0 Å². The van der Waals surface area contributed by atoms with Gasteiger partial charge in [-0.25, -0.2) is 0 Å². The van der Waals surface area contributed by atoms with E-state index < -0.39 is 0 Å². The van der Waals surface area contributed by atoms with E-state index in [-0.39, 0.29) is 0 Å². The summed E-state index contributed by atoms with van der Waals surface area (Å²) in [5, 5.41) is 3.89. The summed E-state index contributed by atoms with van der Waals surface area (Å²) in [5.74, 6) is 3.07. The predicted octanol–water partition coefficient (Wildman–Crippen LogP) is 3.15. The highest BCUT2D eigenvalue weighted by atomic mass is 32.2. The largest absolute Gasteiger partial charge is 0.308 e. The van der Waals surface area contributed by atoms with Gasteiger partial charge in [0.1, 0.15) is 0 Å². The summed E-state index contributed by atoms with van der Waals surface area (Å²) in [5.41, 5.74) is 0.453. The maximum Gasteiger partial charge on any atom is 0.0309 e. The molecule has 1 aliphatic carbocycles. The number of nitrogens with zero attached hydrogens (tertiary/aromatic N) is 1. The van der Waals surface area contributed by atoms with E-state index in [1.54, 1.807) is 0 Å². The van der Waals surface area contributed by atoms with Crippen LogP contribution in [0.1, 0.15) is 39.5 Å². The topological polar surface area (TPSA) is 15.3 Å². The Kier molecular flexibility index (Phi) is 5.79. The van der Waals surface area contributed by atoms with Gasteiger partial charge in [-0.1, -0.05) is 32.8 Å². The summed E-state index contributed by atoms with van der Waals surface area (Å²) >= 11 is 2.01. The highest BCUT2D eigenvalue weighted by Gasteiger charge is 2.41. The van der Waals surface area contributed by atoms with E-state index in [0.717, 1.165) is 17.7 Å². The van der Waals surface area contributed by atoms with Crippen LogP contribution in [-0.4, -0.2) is 47.6 Å². The Hall–Kier alpha value is 0.01000. The number of hydrogen-bond donors (Lipinski definition) is 1. The van der Waals surface area contributed by atoms with E-state index >= 15 is 0 Å². The Morgan fingerprint density at radius 2 is 2.16 bits per heavy atom. The molecule has 0 radical (unpaired) electrons. The van der Waals surface area contributed by atoms with Crippen molar-refractivity contribution < 1.29 is 0 Å². The Labute approximate surface area is 123 Å². The zero-order valence-corrected chi connectivity index (χ0v) is 13.5. The second-order valence-electron chi connectivity index (χ2n) is 6.51. The van der Waals surface area contributed by atoms with Gasteiger partial charge in [0.2, 0.25) is 0 Å². The number of thioether (sulfide) groups is 1. The van der Waals surface area contributed by atoms with Crippen LogP contribution in [-0.2, 0) is 0 Å². The Balaban J connectivity index is 1.90. The predicted molar refractivity (Wildman–Crippen MR) is 86.9 cm³/mol. The average molecular weight is 282 g/mol. The molecule has 110 valence electrons. The molecule has 1 spiro atoms. The molecular weight excluding hydrogens is 252 g/mol. The smallest absolute Gasteiger partial charge is 0.0309 e. The molecule has 0 aromatic heterocycles. The van der Waals surface area contributed by atoms with Gasteiger partial charge in [-0.15, -0.1) is 6.58 Å². The second-order valence-corrected chi connectivity index (χ2v) is 7.66. The Morgan fingerprint density at radius 1 is 1.42 bits per heavy atom. The quantitative estimate of drug-likeness (QED) is 0.595. The molecule has 1 saturated carbocycles. The zero-order chi connectivity index (χ0) is 13.7. The molecule has 2 rings (SSSR count). The second kappa shape index (κ2) is 7.14. The van der Waals surface area contributed by atoms with Crippen molar-refractivity contribution >= 4 is 11.8 Å². The summed E-state index contributed by atoms with van der Waals surface area (Å²) in [7, 11) is 0. The van der Waals surface area contributed by atoms with Gasteiger partial charge in [0, 0.05) is 42.7 Å². The molecule has 1 atom stereocenters. The number of hydrogen-bond acceptors (Lipinski definition) is 3. The van der Waals surface area contributed by atoms with Gasteiger partial charge in [0.05, 0.1) is 0 Å². The summed E-state index contributed by atoms with van der Waals surface area (Å²) in [6.07, 6.45) is 7.61. The third-order valence-corrected chi connectivity index (χ3v) is 5.69. The lowest BCUT2D eigenvalue weighted by Gasteiger charge is -2.48. The summed E-state index contributed by atoms with van der Waals surface area (Å²) < 4.78 is 0. The SMILES string of the molecule is C=CCSCCN1CC2(CCCC2)NCC1C(C)C. The third-order valence-electron chi connectivity index (χ3n) is 4.75. The average Bonchev–Trinajstić information content (AvgIpc) is 2.83. The van der Waals surface area contributed by atoms with Crippen molar-refractivity contribution in [3.8, 4) is 0 Å². The lowest BCUT2D eigenvalue weighted by molar-refractivity contribution is 0.0627. The minimum absolute atomic E-state index is 0.453. The van der Waals surface area contributed by atoms with Crippen LogP contribution in [0.5, 0.6) is 0 Å².